The molecule has 0 spiro atoms. The highest BCUT2D eigenvalue weighted by atomic mass is 35.5. The number of halogens is 1. The topological polar surface area (TPSA) is 49.6 Å². The van der Waals surface area contributed by atoms with Crippen LogP contribution in [0.15, 0.2) is 35.3 Å². The zero-order valence-electron chi connectivity index (χ0n) is 12.2. The van der Waals surface area contributed by atoms with E-state index in [9.17, 15) is 4.79 Å². The molecule has 2 aromatic rings. The molecule has 6 heteroatoms. The first-order chi connectivity index (χ1) is 9.76. The Morgan fingerprint density at radius 2 is 2.10 bits per heavy atom. The zero-order chi connectivity index (χ0) is 13.9. The van der Waals surface area contributed by atoms with Crippen LogP contribution < -0.4 is 10.9 Å². The van der Waals surface area contributed by atoms with Crippen LogP contribution in [0.1, 0.15) is 18.5 Å². The Hall–Kier alpha value is -1.43. The normalized spacial score (nSPS) is 16.8. The number of hydrogen-bond acceptors (Lipinski definition) is 4. The third-order valence-electron chi connectivity index (χ3n) is 4.01. The summed E-state index contributed by atoms with van der Waals surface area (Å²) in [7, 11) is 2.02. The fourth-order valence-corrected chi connectivity index (χ4v) is 2.79. The van der Waals surface area contributed by atoms with E-state index in [-0.39, 0.29) is 18.0 Å². The maximum Gasteiger partial charge on any atom is 0.258 e. The SMILES string of the molecule is CNC1CCN(Cc2cc(=O)n3ccccc3n2)CC1.Cl. The number of aromatic nitrogens is 2. The Bertz CT molecular complexity index is 649. The van der Waals surface area contributed by atoms with Gasteiger partial charge in [-0.1, -0.05) is 6.07 Å². The molecule has 0 radical (unpaired) electrons. The van der Waals surface area contributed by atoms with Gasteiger partial charge in [-0.3, -0.25) is 14.1 Å². The van der Waals surface area contributed by atoms with E-state index in [4.69, 9.17) is 0 Å². The van der Waals surface area contributed by atoms with E-state index in [0.717, 1.165) is 43.8 Å². The molecular weight excluding hydrogens is 288 g/mol. The highest BCUT2D eigenvalue weighted by Gasteiger charge is 2.18. The minimum Gasteiger partial charge on any atom is -0.317 e. The first-order valence-electron chi connectivity index (χ1n) is 7.13. The molecule has 5 nitrogen and oxygen atoms in total. The van der Waals surface area contributed by atoms with Gasteiger partial charge in [0.2, 0.25) is 0 Å². The molecule has 1 aliphatic heterocycles. The second-order valence-electron chi connectivity index (χ2n) is 5.35. The van der Waals surface area contributed by atoms with Crippen LogP contribution in [-0.2, 0) is 6.54 Å². The van der Waals surface area contributed by atoms with Crippen LogP contribution in [-0.4, -0.2) is 40.5 Å². The van der Waals surface area contributed by atoms with Gasteiger partial charge in [0.05, 0.1) is 5.69 Å². The smallest absolute Gasteiger partial charge is 0.258 e. The maximum absolute atomic E-state index is 12.0. The summed E-state index contributed by atoms with van der Waals surface area (Å²) in [5, 5.41) is 3.33. The summed E-state index contributed by atoms with van der Waals surface area (Å²) in [6.07, 6.45) is 4.07. The second kappa shape index (κ2) is 7.02. The molecule has 2 aromatic heterocycles. The highest BCUT2D eigenvalue weighted by molar-refractivity contribution is 5.85. The molecule has 3 rings (SSSR count). The van der Waals surface area contributed by atoms with Gasteiger partial charge in [-0.05, 0) is 32.0 Å². The van der Waals surface area contributed by atoms with Crippen molar-refractivity contribution < 1.29 is 0 Å². The summed E-state index contributed by atoms with van der Waals surface area (Å²) in [6, 6.07) is 7.90. The molecule has 1 fully saturated rings. The van der Waals surface area contributed by atoms with Crippen LogP contribution in [0.4, 0.5) is 0 Å². The van der Waals surface area contributed by atoms with Crippen molar-refractivity contribution in [1.82, 2.24) is 19.6 Å². The standard InChI is InChI=1S/C15H20N4O.ClH/c1-16-12-5-8-18(9-6-12)11-13-10-15(20)19-7-3-2-4-14(19)17-13;/h2-4,7,10,12,16H,5-6,8-9,11H2,1H3;1H. The number of fused-ring (bicyclic) bond motifs is 1. The lowest BCUT2D eigenvalue weighted by Crippen LogP contribution is -2.41. The second-order valence-corrected chi connectivity index (χ2v) is 5.35. The van der Waals surface area contributed by atoms with Crippen LogP contribution in [0.2, 0.25) is 0 Å². The molecule has 0 amide bonds. The van der Waals surface area contributed by atoms with Gasteiger partial charge in [0.1, 0.15) is 5.65 Å². The third-order valence-corrected chi connectivity index (χ3v) is 4.01. The first-order valence-corrected chi connectivity index (χ1v) is 7.13. The van der Waals surface area contributed by atoms with Crippen molar-refractivity contribution in [1.29, 1.82) is 0 Å². The van der Waals surface area contributed by atoms with E-state index in [1.807, 2.05) is 25.2 Å². The summed E-state index contributed by atoms with van der Waals surface area (Å²) in [5.41, 5.74) is 1.58. The van der Waals surface area contributed by atoms with E-state index in [0.29, 0.717) is 6.04 Å². The van der Waals surface area contributed by atoms with Crippen LogP contribution >= 0.6 is 12.4 Å². The lowest BCUT2D eigenvalue weighted by molar-refractivity contribution is 0.192. The van der Waals surface area contributed by atoms with Crippen LogP contribution in [0.25, 0.3) is 5.65 Å². The van der Waals surface area contributed by atoms with Crippen molar-refractivity contribution >= 4 is 18.1 Å². The molecule has 1 aliphatic rings. The fraction of sp³-hybridized carbons (Fsp3) is 0.467. The molecule has 0 bridgehead atoms. The number of rotatable bonds is 3. The Labute approximate surface area is 130 Å². The van der Waals surface area contributed by atoms with Gasteiger partial charge >= 0.3 is 0 Å². The lowest BCUT2D eigenvalue weighted by Gasteiger charge is -2.31. The highest BCUT2D eigenvalue weighted by Crippen LogP contribution is 2.12. The van der Waals surface area contributed by atoms with Gasteiger partial charge in [-0.15, -0.1) is 12.4 Å². The van der Waals surface area contributed by atoms with E-state index in [1.165, 1.54) is 0 Å². The van der Waals surface area contributed by atoms with E-state index < -0.39 is 0 Å². The summed E-state index contributed by atoms with van der Waals surface area (Å²) < 4.78 is 1.58. The Kier molecular flexibility index (Phi) is 5.33. The lowest BCUT2D eigenvalue weighted by atomic mass is 10.1. The van der Waals surface area contributed by atoms with E-state index in [1.54, 1.807) is 16.7 Å². The quantitative estimate of drug-likeness (QED) is 0.928. The first kappa shape index (κ1) is 15.9. The van der Waals surface area contributed by atoms with Gasteiger partial charge in [0.15, 0.2) is 0 Å². The van der Waals surface area contributed by atoms with Crippen molar-refractivity contribution in [3.63, 3.8) is 0 Å². The van der Waals surface area contributed by atoms with Gasteiger partial charge in [-0.2, -0.15) is 0 Å². The van der Waals surface area contributed by atoms with E-state index >= 15 is 0 Å². The van der Waals surface area contributed by atoms with Gasteiger partial charge in [0.25, 0.3) is 5.56 Å². The number of nitrogens with one attached hydrogen (secondary N) is 1. The minimum atomic E-state index is -0.00397. The molecule has 21 heavy (non-hydrogen) atoms. The number of hydrogen-bond donors (Lipinski definition) is 1. The molecule has 1 N–H and O–H groups in total. The van der Waals surface area contributed by atoms with Crippen LogP contribution in [0.3, 0.4) is 0 Å². The molecule has 0 atom stereocenters. The summed E-state index contributed by atoms with van der Waals surface area (Å²) in [4.78, 5) is 19.0. The minimum absolute atomic E-state index is 0. The number of piperidine rings is 1. The summed E-state index contributed by atoms with van der Waals surface area (Å²) >= 11 is 0. The molecule has 0 aliphatic carbocycles. The molecule has 1 saturated heterocycles. The van der Waals surface area contributed by atoms with Crippen LogP contribution in [0, 0.1) is 0 Å². The predicted molar refractivity (Wildman–Crippen MR) is 86.1 cm³/mol. The number of nitrogens with zero attached hydrogens (tertiary/aromatic N) is 3. The molecule has 0 unspecified atom stereocenters. The molecule has 0 aromatic carbocycles. The Morgan fingerprint density at radius 1 is 1.33 bits per heavy atom. The van der Waals surface area contributed by atoms with Crippen molar-refractivity contribution in [2.24, 2.45) is 0 Å². The molecule has 0 saturated carbocycles. The average molecular weight is 309 g/mol. The van der Waals surface area contributed by atoms with Crippen molar-refractivity contribution in [3.05, 3.63) is 46.5 Å². The monoisotopic (exact) mass is 308 g/mol. The van der Waals surface area contributed by atoms with Crippen LogP contribution in [0.5, 0.6) is 0 Å². The predicted octanol–water partition coefficient (Wildman–Crippen LogP) is 1.30. The van der Waals surface area contributed by atoms with Crippen molar-refractivity contribution in [3.8, 4) is 0 Å². The van der Waals surface area contributed by atoms with Gasteiger partial charge in [-0.25, -0.2) is 4.98 Å². The number of pyridine rings is 1. The largest absolute Gasteiger partial charge is 0.317 e. The Morgan fingerprint density at radius 3 is 2.81 bits per heavy atom. The number of likely N-dealkylation sites (tertiary alicyclic amines) is 1. The third kappa shape index (κ3) is 3.61. The zero-order valence-corrected chi connectivity index (χ0v) is 13.0. The molecular formula is C15H21ClN4O. The van der Waals surface area contributed by atoms with E-state index in [2.05, 4.69) is 15.2 Å². The van der Waals surface area contributed by atoms with Gasteiger partial charge < -0.3 is 5.32 Å². The average Bonchev–Trinajstić information content (AvgIpc) is 2.48. The van der Waals surface area contributed by atoms with Crippen molar-refractivity contribution in [2.75, 3.05) is 20.1 Å². The Balaban J connectivity index is 0.00000161. The molecule has 114 valence electrons. The maximum atomic E-state index is 12.0. The van der Waals surface area contributed by atoms with Crippen molar-refractivity contribution in [2.45, 2.75) is 25.4 Å². The van der Waals surface area contributed by atoms with Gasteiger partial charge in [0, 0.05) is 37.9 Å². The summed E-state index contributed by atoms with van der Waals surface area (Å²) in [6.45, 7) is 2.87. The fourth-order valence-electron chi connectivity index (χ4n) is 2.79. The molecule has 3 heterocycles. The summed E-state index contributed by atoms with van der Waals surface area (Å²) in [5.74, 6) is 0.